The number of ether oxygens (including phenoxy) is 3. The van der Waals surface area contributed by atoms with Gasteiger partial charge in [0.2, 0.25) is 5.91 Å². The number of benzene rings is 1. The van der Waals surface area contributed by atoms with Crippen LogP contribution in [0.2, 0.25) is 0 Å². The molecule has 2 aliphatic rings. The maximum Gasteiger partial charge on any atom is 0.246 e. The summed E-state index contributed by atoms with van der Waals surface area (Å²) in [6.45, 7) is 1.43. The van der Waals surface area contributed by atoms with E-state index in [4.69, 9.17) is 14.2 Å². The normalized spacial score (nSPS) is 24.9. The minimum absolute atomic E-state index is 0.0376. The number of carbonyl (C=O) groups excluding carboxylic acids is 1. The molecule has 0 spiro atoms. The lowest BCUT2D eigenvalue weighted by Crippen LogP contribution is -2.41. The summed E-state index contributed by atoms with van der Waals surface area (Å²) >= 11 is 0. The molecule has 1 unspecified atom stereocenters. The molecule has 1 aliphatic carbocycles. The Hall–Kier alpha value is -2.18. The van der Waals surface area contributed by atoms with Crippen molar-refractivity contribution in [1.29, 1.82) is 0 Å². The van der Waals surface area contributed by atoms with Crippen LogP contribution in [0.15, 0.2) is 36.5 Å². The van der Waals surface area contributed by atoms with Crippen molar-refractivity contribution in [2.75, 3.05) is 19.8 Å². The molecule has 6 heteroatoms. The highest BCUT2D eigenvalue weighted by molar-refractivity contribution is 5.79. The van der Waals surface area contributed by atoms with E-state index >= 15 is 0 Å². The number of fused-ring (bicyclic) bond motifs is 1. The van der Waals surface area contributed by atoms with Crippen LogP contribution in [0.5, 0.6) is 5.75 Å². The number of nitrogens with zero attached hydrogens (tertiary/aromatic N) is 1. The minimum atomic E-state index is -0.0376. The molecule has 1 saturated carbocycles. The first kappa shape index (κ1) is 19.2. The van der Waals surface area contributed by atoms with E-state index in [0.29, 0.717) is 6.61 Å². The lowest BCUT2D eigenvalue weighted by molar-refractivity contribution is -0.127. The summed E-state index contributed by atoms with van der Waals surface area (Å²) in [6.07, 6.45) is 7.99. The molecule has 28 heavy (non-hydrogen) atoms. The Labute approximate surface area is 165 Å². The van der Waals surface area contributed by atoms with E-state index in [9.17, 15) is 4.79 Å². The summed E-state index contributed by atoms with van der Waals surface area (Å²) in [5.74, 6) is 0.847. The van der Waals surface area contributed by atoms with E-state index in [1.165, 1.54) is 0 Å². The van der Waals surface area contributed by atoms with Crippen LogP contribution in [0.3, 0.4) is 0 Å². The zero-order valence-corrected chi connectivity index (χ0v) is 16.1. The molecule has 1 aliphatic heterocycles. The Bertz CT molecular complexity index is 783. The summed E-state index contributed by atoms with van der Waals surface area (Å²) in [5, 5.41) is 4.17. The lowest BCUT2D eigenvalue weighted by atomic mass is 9.93. The fraction of sp³-hybridized carbons (Fsp3) is 0.545. The van der Waals surface area contributed by atoms with Crippen molar-refractivity contribution >= 4 is 16.8 Å². The van der Waals surface area contributed by atoms with Gasteiger partial charge in [0, 0.05) is 24.2 Å². The van der Waals surface area contributed by atoms with Crippen molar-refractivity contribution in [1.82, 2.24) is 10.3 Å². The van der Waals surface area contributed by atoms with Crippen LogP contribution in [0, 0.1) is 0 Å². The van der Waals surface area contributed by atoms with E-state index in [-0.39, 0.29) is 30.8 Å². The number of rotatable bonds is 7. The van der Waals surface area contributed by atoms with Gasteiger partial charge < -0.3 is 19.5 Å². The molecule has 0 bridgehead atoms. The maximum absolute atomic E-state index is 12.1. The molecule has 1 N–H and O–H groups in total. The first-order valence-corrected chi connectivity index (χ1v) is 10.3. The highest BCUT2D eigenvalue weighted by Crippen LogP contribution is 2.26. The van der Waals surface area contributed by atoms with Gasteiger partial charge in [-0.1, -0.05) is 6.07 Å². The number of aromatic nitrogens is 1. The SMILES string of the molecule is O=C(COCC1CCCO1)NC1CCC(Oc2ccc3ncccc3c2)CC1. The van der Waals surface area contributed by atoms with Crippen LogP contribution in [-0.4, -0.2) is 49.0 Å². The quantitative estimate of drug-likeness (QED) is 0.794. The van der Waals surface area contributed by atoms with Gasteiger partial charge in [0.05, 0.1) is 24.3 Å². The molecular weight excluding hydrogens is 356 g/mol. The summed E-state index contributed by atoms with van der Waals surface area (Å²) in [5.41, 5.74) is 0.975. The Morgan fingerprint density at radius 2 is 2.07 bits per heavy atom. The first-order valence-electron chi connectivity index (χ1n) is 10.3. The molecule has 2 fully saturated rings. The average molecular weight is 384 g/mol. The molecular formula is C22H28N2O4. The Morgan fingerprint density at radius 1 is 1.18 bits per heavy atom. The summed E-state index contributed by atoms with van der Waals surface area (Å²) < 4.78 is 17.1. The van der Waals surface area contributed by atoms with Crippen molar-refractivity contribution < 1.29 is 19.0 Å². The van der Waals surface area contributed by atoms with Gasteiger partial charge in [-0.2, -0.15) is 0 Å². The van der Waals surface area contributed by atoms with Crippen LogP contribution in [0.25, 0.3) is 10.9 Å². The van der Waals surface area contributed by atoms with E-state index in [2.05, 4.69) is 10.3 Å². The van der Waals surface area contributed by atoms with Crippen LogP contribution < -0.4 is 10.1 Å². The lowest BCUT2D eigenvalue weighted by Gasteiger charge is -2.29. The minimum Gasteiger partial charge on any atom is -0.490 e. The number of nitrogens with one attached hydrogen (secondary N) is 1. The first-order chi connectivity index (χ1) is 13.8. The largest absolute Gasteiger partial charge is 0.490 e. The van der Waals surface area contributed by atoms with Crippen LogP contribution in [0.1, 0.15) is 38.5 Å². The average Bonchev–Trinajstić information content (AvgIpc) is 3.23. The van der Waals surface area contributed by atoms with E-state index < -0.39 is 0 Å². The van der Waals surface area contributed by atoms with Crippen molar-refractivity contribution in [3.63, 3.8) is 0 Å². The monoisotopic (exact) mass is 384 g/mol. The number of hydrogen-bond acceptors (Lipinski definition) is 5. The Kier molecular flexibility index (Phi) is 6.39. The van der Waals surface area contributed by atoms with Crippen molar-refractivity contribution in [2.45, 2.75) is 56.8 Å². The smallest absolute Gasteiger partial charge is 0.246 e. The topological polar surface area (TPSA) is 69.7 Å². The molecule has 1 aromatic carbocycles. The molecule has 1 atom stereocenters. The molecule has 2 aromatic rings. The van der Waals surface area contributed by atoms with Gasteiger partial charge in [0.1, 0.15) is 12.4 Å². The van der Waals surface area contributed by atoms with Crippen molar-refractivity contribution in [2.24, 2.45) is 0 Å². The molecule has 1 amide bonds. The molecule has 2 heterocycles. The number of pyridine rings is 1. The summed E-state index contributed by atoms with van der Waals surface area (Å²) in [4.78, 5) is 16.4. The molecule has 150 valence electrons. The van der Waals surface area contributed by atoms with Crippen LogP contribution in [-0.2, 0) is 14.3 Å². The van der Waals surface area contributed by atoms with Gasteiger partial charge in [-0.15, -0.1) is 0 Å². The second-order valence-electron chi connectivity index (χ2n) is 7.67. The molecule has 6 nitrogen and oxygen atoms in total. The number of amides is 1. The van der Waals surface area contributed by atoms with Crippen molar-refractivity contribution in [3.05, 3.63) is 36.5 Å². The van der Waals surface area contributed by atoms with Gasteiger partial charge in [0.15, 0.2) is 0 Å². The standard InChI is InChI=1S/C22H28N2O4/c25-22(15-26-14-20-4-2-12-27-20)24-17-5-7-18(8-6-17)28-19-9-10-21-16(13-19)3-1-11-23-21/h1,3,9-11,13,17-18,20H,2,4-8,12,14-15H2,(H,24,25). The van der Waals surface area contributed by atoms with Gasteiger partial charge in [-0.3, -0.25) is 9.78 Å². The molecule has 1 saturated heterocycles. The van der Waals surface area contributed by atoms with Crippen LogP contribution >= 0.6 is 0 Å². The summed E-state index contributed by atoms with van der Waals surface area (Å²) in [6, 6.07) is 10.2. The highest BCUT2D eigenvalue weighted by Gasteiger charge is 2.24. The van der Waals surface area contributed by atoms with E-state index in [1.54, 1.807) is 6.20 Å². The number of carbonyl (C=O) groups is 1. The Morgan fingerprint density at radius 3 is 2.89 bits per heavy atom. The van der Waals surface area contributed by atoms with E-state index in [0.717, 1.165) is 61.8 Å². The van der Waals surface area contributed by atoms with Crippen LogP contribution in [0.4, 0.5) is 0 Å². The van der Waals surface area contributed by atoms with E-state index in [1.807, 2.05) is 30.3 Å². The van der Waals surface area contributed by atoms with Crippen molar-refractivity contribution in [3.8, 4) is 5.75 Å². The zero-order chi connectivity index (χ0) is 19.2. The fourth-order valence-electron chi connectivity index (χ4n) is 3.97. The predicted octanol–water partition coefficient (Wildman–Crippen LogP) is 3.24. The van der Waals surface area contributed by atoms with Gasteiger partial charge >= 0.3 is 0 Å². The molecule has 1 aromatic heterocycles. The third-order valence-electron chi connectivity index (χ3n) is 5.48. The molecule has 0 radical (unpaired) electrons. The summed E-state index contributed by atoms with van der Waals surface area (Å²) in [7, 11) is 0. The number of hydrogen-bond donors (Lipinski definition) is 1. The fourth-order valence-corrected chi connectivity index (χ4v) is 3.97. The third-order valence-corrected chi connectivity index (χ3v) is 5.48. The predicted molar refractivity (Wildman–Crippen MR) is 106 cm³/mol. The maximum atomic E-state index is 12.1. The second kappa shape index (κ2) is 9.34. The highest BCUT2D eigenvalue weighted by atomic mass is 16.5. The zero-order valence-electron chi connectivity index (χ0n) is 16.1. The molecule has 4 rings (SSSR count). The third kappa shape index (κ3) is 5.20. The van der Waals surface area contributed by atoms with Gasteiger partial charge in [-0.05, 0) is 62.8 Å². The van der Waals surface area contributed by atoms with Gasteiger partial charge in [-0.25, -0.2) is 0 Å². The second-order valence-corrected chi connectivity index (χ2v) is 7.67. The van der Waals surface area contributed by atoms with Gasteiger partial charge in [0.25, 0.3) is 0 Å². The Balaban J connectivity index is 1.17.